The molecule has 115 valence electrons. The van der Waals surface area contributed by atoms with Gasteiger partial charge in [0.05, 0.1) is 7.11 Å². The third-order valence-electron chi connectivity index (χ3n) is 3.80. The molecule has 0 bridgehead atoms. The minimum Gasteiger partial charge on any atom is -0.497 e. The molecule has 0 N–H and O–H groups in total. The van der Waals surface area contributed by atoms with Crippen LogP contribution < -0.4 is 4.74 Å². The van der Waals surface area contributed by atoms with Gasteiger partial charge < -0.3 is 4.74 Å². The average molecular weight is 322 g/mol. The number of rotatable bonds is 5. The quantitative estimate of drug-likeness (QED) is 0.576. The van der Waals surface area contributed by atoms with Crippen molar-refractivity contribution in [3.8, 4) is 16.9 Å². The number of halogens is 1. The van der Waals surface area contributed by atoms with Gasteiger partial charge in [0.25, 0.3) is 0 Å². The average Bonchev–Trinajstić information content (AvgIpc) is 2.61. The fourth-order valence-electron chi connectivity index (χ4n) is 2.49. The van der Waals surface area contributed by atoms with Crippen molar-refractivity contribution in [1.29, 1.82) is 0 Å². The first kappa shape index (κ1) is 15.6. The van der Waals surface area contributed by atoms with Gasteiger partial charge in [0.15, 0.2) is 0 Å². The van der Waals surface area contributed by atoms with E-state index in [0.29, 0.717) is 0 Å². The number of ether oxygens (including phenoxy) is 1. The smallest absolute Gasteiger partial charge is 0.118 e. The first-order valence-electron chi connectivity index (χ1n) is 7.57. The molecule has 0 saturated heterocycles. The second-order valence-corrected chi connectivity index (χ2v) is 5.83. The van der Waals surface area contributed by atoms with Crippen molar-refractivity contribution >= 4 is 11.6 Å². The van der Waals surface area contributed by atoms with Crippen LogP contribution >= 0.6 is 11.6 Å². The molecule has 2 heteroatoms. The van der Waals surface area contributed by atoms with E-state index in [1.165, 1.54) is 16.7 Å². The van der Waals surface area contributed by atoms with Gasteiger partial charge in [-0.2, -0.15) is 0 Å². The zero-order chi connectivity index (χ0) is 16.1. The van der Waals surface area contributed by atoms with Crippen molar-refractivity contribution in [2.75, 3.05) is 7.11 Å². The third-order valence-corrected chi connectivity index (χ3v) is 4.03. The van der Waals surface area contributed by atoms with Crippen LogP contribution in [-0.2, 0) is 6.42 Å². The zero-order valence-corrected chi connectivity index (χ0v) is 13.8. The largest absolute Gasteiger partial charge is 0.497 e. The minimum absolute atomic E-state index is 0.772. The van der Waals surface area contributed by atoms with Crippen LogP contribution in [0.2, 0.25) is 5.02 Å². The van der Waals surface area contributed by atoms with E-state index in [4.69, 9.17) is 16.3 Å². The molecule has 0 spiro atoms. The summed E-state index contributed by atoms with van der Waals surface area (Å²) in [7, 11) is 1.68. The van der Waals surface area contributed by atoms with Crippen molar-refractivity contribution in [1.82, 2.24) is 0 Å². The lowest BCUT2D eigenvalue weighted by molar-refractivity contribution is 0.415. The van der Waals surface area contributed by atoms with E-state index in [-0.39, 0.29) is 0 Å². The summed E-state index contributed by atoms with van der Waals surface area (Å²) in [5.74, 6) is 0.876. The molecule has 0 aliphatic rings. The van der Waals surface area contributed by atoms with Crippen molar-refractivity contribution in [2.45, 2.75) is 6.42 Å². The molecule has 0 aliphatic heterocycles. The number of methoxy groups -OCH3 is 1. The van der Waals surface area contributed by atoms with Gasteiger partial charge in [-0.25, -0.2) is 0 Å². The lowest BCUT2D eigenvalue weighted by atomic mass is 10.0. The van der Waals surface area contributed by atoms with Crippen LogP contribution in [0.5, 0.6) is 5.75 Å². The molecular weight excluding hydrogens is 304 g/mol. The van der Waals surface area contributed by atoms with Crippen molar-refractivity contribution in [2.24, 2.45) is 0 Å². The molecule has 3 aromatic rings. The number of benzene rings is 3. The van der Waals surface area contributed by atoms with E-state index >= 15 is 0 Å². The molecule has 1 radical (unpaired) electrons. The van der Waals surface area contributed by atoms with Gasteiger partial charge in [-0.15, -0.1) is 0 Å². The van der Waals surface area contributed by atoms with Gasteiger partial charge in [0, 0.05) is 5.02 Å². The number of hydrogen-bond acceptors (Lipinski definition) is 1. The summed E-state index contributed by atoms with van der Waals surface area (Å²) in [4.78, 5) is 0. The molecule has 23 heavy (non-hydrogen) atoms. The van der Waals surface area contributed by atoms with E-state index in [0.717, 1.165) is 22.8 Å². The maximum Gasteiger partial charge on any atom is 0.118 e. The second kappa shape index (κ2) is 7.34. The molecule has 1 nitrogen and oxygen atoms in total. The summed E-state index contributed by atoms with van der Waals surface area (Å²) in [6.07, 6.45) is 3.08. The van der Waals surface area contributed by atoms with Crippen molar-refractivity contribution in [3.63, 3.8) is 0 Å². The normalized spacial score (nSPS) is 10.5. The van der Waals surface area contributed by atoms with Crippen molar-refractivity contribution in [3.05, 3.63) is 95.4 Å². The van der Waals surface area contributed by atoms with E-state index < -0.39 is 0 Å². The monoisotopic (exact) mass is 321 g/mol. The Morgan fingerprint density at radius 3 is 2.13 bits per heavy atom. The molecular formula is C21H18ClO. The standard InChI is InChI=1S/C21H18ClO/c1-23-21-13-11-19(12-14-21)18-9-7-16(8-10-18)5-6-17-3-2-4-20(22)15-17/h2-4,6-15H,5H2,1H3. The molecule has 0 heterocycles. The summed E-state index contributed by atoms with van der Waals surface area (Å²) in [6, 6.07) is 24.7. The molecule has 0 fully saturated rings. The minimum atomic E-state index is 0.772. The fourth-order valence-corrected chi connectivity index (χ4v) is 2.68. The highest BCUT2D eigenvalue weighted by Gasteiger charge is 2.01. The summed E-state index contributed by atoms with van der Waals surface area (Å²) in [6.45, 7) is 0. The summed E-state index contributed by atoms with van der Waals surface area (Å²) in [5, 5.41) is 0.772. The molecule has 0 unspecified atom stereocenters. The Bertz CT molecular complexity index is 761. The van der Waals surface area contributed by atoms with Gasteiger partial charge in [0.1, 0.15) is 5.75 Å². The highest BCUT2D eigenvalue weighted by atomic mass is 35.5. The lowest BCUT2D eigenvalue weighted by Gasteiger charge is -2.06. The molecule has 0 aliphatic carbocycles. The first-order chi connectivity index (χ1) is 11.2. The van der Waals surface area contributed by atoms with Gasteiger partial charge >= 0.3 is 0 Å². The van der Waals surface area contributed by atoms with Crippen LogP contribution in [0.15, 0.2) is 72.8 Å². The molecule has 0 atom stereocenters. The summed E-state index contributed by atoms with van der Waals surface area (Å²) >= 11 is 6.01. The third kappa shape index (κ3) is 4.14. The summed E-state index contributed by atoms with van der Waals surface area (Å²) < 4.78 is 5.19. The Morgan fingerprint density at radius 1 is 0.870 bits per heavy atom. The second-order valence-electron chi connectivity index (χ2n) is 5.39. The highest BCUT2D eigenvalue weighted by molar-refractivity contribution is 6.30. The molecule has 3 aromatic carbocycles. The fraction of sp³-hybridized carbons (Fsp3) is 0.0952. The van der Waals surface area contributed by atoms with Gasteiger partial charge in [0.2, 0.25) is 0 Å². The Kier molecular flexibility index (Phi) is 4.99. The number of hydrogen-bond donors (Lipinski definition) is 0. The Labute approximate surface area is 142 Å². The Balaban J connectivity index is 1.66. The van der Waals surface area contributed by atoms with Gasteiger partial charge in [-0.3, -0.25) is 0 Å². The molecule has 3 rings (SSSR count). The maximum absolute atomic E-state index is 6.01. The topological polar surface area (TPSA) is 9.23 Å². The van der Waals surface area contributed by atoms with E-state index in [9.17, 15) is 0 Å². The van der Waals surface area contributed by atoms with E-state index in [1.807, 2.05) is 30.3 Å². The van der Waals surface area contributed by atoms with E-state index in [1.54, 1.807) is 7.11 Å². The Morgan fingerprint density at radius 2 is 1.52 bits per heavy atom. The highest BCUT2D eigenvalue weighted by Crippen LogP contribution is 2.23. The van der Waals surface area contributed by atoms with E-state index in [2.05, 4.69) is 48.9 Å². The van der Waals surface area contributed by atoms with Crippen LogP contribution in [0.4, 0.5) is 0 Å². The van der Waals surface area contributed by atoms with Crippen LogP contribution in [-0.4, -0.2) is 7.11 Å². The summed E-state index contributed by atoms with van der Waals surface area (Å²) in [5.41, 5.74) is 4.83. The SMILES string of the molecule is COc1ccc(-c2ccc(C[CH]c3cccc(Cl)c3)cc2)cc1. The first-order valence-corrected chi connectivity index (χ1v) is 7.94. The van der Waals surface area contributed by atoms with Crippen LogP contribution in [0.3, 0.4) is 0 Å². The zero-order valence-electron chi connectivity index (χ0n) is 13.0. The molecule has 0 saturated carbocycles. The maximum atomic E-state index is 6.01. The van der Waals surface area contributed by atoms with Crippen LogP contribution in [0.25, 0.3) is 11.1 Å². The molecule has 0 aromatic heterocycles. The van der Waals surface area contributed by atoms with Crippen molar-refractivity contribution < 1.29 is 4.74 Å². The van der Waals surface area contributed by atoms with Crippen LogP contribution in [0.1, 0.15) is 11.1 Å². The lowest BCUT2D eigenvalue weighted by Crippen LogP contribution is -1.89. The molecule has 0 amide bonds. The Hall–Kier alpha value is -2.25. The predicted octanol–water partition coefficient (Wildman–Crippen LogP) is 5.81. The predicted molar refractivity (Wildman–Crippen MR) is 97.0 cm³/mol. The van der Waals surface area contributed by atoms with Gasteiger partial charge in [-0.1, -0.05) is 60.1 Å². The van der Waals surface area contributed by atoms with Crippen LogP contribution in [0, 0.1) is 6.42 Å². The van der Waals surface area contributed by atoms with Gasteiger partial charge in [-0.05, 0) is 59.4 Å².